The summed E-state index contributed by atoms with van der Waals surface area (Å²) in [5, 5.41) is 35.6. The van der Waals surface area contributed by atoms with Crippen LogP contribution in [0.15, 0.2) is 45.9 Å². The number of aliphatic hydroxyl groups is 1. The predicted octanol–water partition coefficient (Wildman–Crippen LogP) is 3.00. The lowest BCUT2D eigenvalue weighted by molar-refractivity contribution is -0.383. The van der Waals surface area contributed by atoms with E-state index in [1.807, 2.05) is 0 Å². The number of hydrogen-bond acceptors (Lipinski definition) is 7. The third-order valence-corrected chi connectivity index (χ3v) is 3.90. The van der Waals surface area contributed by atoms with Crippen molar-refractivity contribution in [1.29, 1.82) is 0 Å². The quantitative estimate of drug-likeness (QED) is 0.213. The Morgan fingerprint density at radius 3 is 2.73 bits per heavy atom. The molecule has 0 radical (unpaired) electrons. The van der Waals surface area contributed by atoms with E-state index in [2.05, 4.69) is 31.6 Å². The molecular formula is C17H19BrN4O4. The van der Waals surface area contributed by atoms with Crippen molar-refractivity contribution >= 4 is 39.2 Å². The molecule has 0 aliphatic heterocycles. The minimum Gasteiger partial charge on any atom is -0.507 e. The van der Waals surface area contributed by atoms with Gasteiger partial charge in [-0.1, -0.05) is 15.9 Å². The summed E-state index contributed by atoms with van der Waals surface area (Å²) >= 11 is 3.34. The lowest BCUT2D eigenvalue weighted by Gasteiger charge is -2.09. The van der Waals surface area contributed by atoms with Crippen molar-refractivity contribution in [2.75, 3.05) is 36.9 Å². The Kier molecular flexibility index (Phi) is 7.37. The number of aliphatic hydroxyl groups excluding tert-OH is 1. The van der Waals surface area contributed by atoms with Crippen molar-refractivity contribution in [3.63, 3.8) is 0 Å². The molecule has 0 spiro atoms. The first kappa shape index (κ1) is 19.7. The smallest absolute Gasteiger partial charge is 0.292 e. The van der Waals surface area contributed by atoms with Crippen LogP contribution in [0.1, 0.15) is 5.56 Å². The van der Waals surface area contributed by atoms with Gasteiger partial charge in [0.25, 0.3) is 5.69 Å². The molecule has 0 fully saturated rings. The van der Waals surface area contributed by atoms with Crippen molar-refractivity contribution in [3.05, 3.63) is 56.5 Å². The normalized spacial score (nSPS) is 10.8. The minimum absolute atomic E-state index is 0.0489. The van der Waals surface area contributed by atoms with Gasteiger partial charge in [-0.2, -0.15) is 0 Å². The Hall–Kier alpha value is -2.65. The Morgan fingerprint density at radius 2 is 2.00 bits per heavy atom. The lowest BCUT2D eigenvalue weighted by atomic mass is 10.2. The van der Waals surface area contributed by atoms with Crippen molar-refractivity contribution in [1.82, 2.24) is 0 Å². The van der Waals surface area contributed by atoms with E-state index >= 15 is 0 Å². The highest BCUT2D eigenvalue weighted by Gasteiger charge is 2.13. The van der Waals surface area contributed by atoms with Gasteiger partial charge in [0.15, 0.2) is 0 Å². The van der Waals surface area contributed by atoms with E-state index in [9.17, 15) is 15.2 Å². The average molecular weight is 423 g/mol. The molecule has 0 aromatic heterocycles. The Labute approximate surface area is 158 Å². The molecule has 9 heteroatoms. The van der Waals surface area contributed by atoms with Gasteiger partial charge in [-0.25, -0.2) is 0 Å². The van der Waals surface area contributed by atoms with E-state index in [4.69, 9.17) is 5.11 Å². The third kappa shape index (κ3) is 5.71. The first-order valence-electron chi connectivity index (χ1n) is 7.86. The first-order valence-corrected chi connectivity index (χ1v) is 8.66. The number of nitro groups is 1. The average Bonchev–Trinajstić information content (AvgIpc) is 2.62. The van der Waals surface area contributed by atoms with Gasteiger partial charge in [0.05, 0.1) is 18.1 Å². The molecule has 0 saturated carbocycles. The number of aliphatic imine (C=N–C) groups is 1. The first-order chi connectivity index (χ1) is 12.5. The monoisotopic (exact) mass is 422 g/mol. The summed E-state index contributed by atoms with van der Waals surface area (Å²) in [6.45, 7) is 1.08. The highest BCUT2D eigenvalue weighted by atomic mass is 79.9. The van der Waals surface area contributed by atoms with Crippen LogP contribution in [0.3, 0.4) is 0 Å². The van der Waals surface area contributed by atoms with E-state index in [-0.39, 0.29) is 24.6 Å². The molecule has 0 saturated heterocycles. The molecule has 2 rings (SSSR count). The molecule has 26 heavy (non-hydrogen) atoms. The zero-order chi connectivity index (χ0) is 18.9. The summed E-state index contributed by atoms with van der Waals surface area (Å²) in [6, 6.07) is 9.74. The maximum Gasteiger partial charge on any atom is 0.292 e. The van der Waals surface area contributed by atoms with Crippen LogP contribution in [0, 0.1) is 10.1 Å². The number of anilines is 2. The molecule has 0 atom stereocenters. The highest BCUT2D eigenvalue weighted by Crippen LogP contribution is 2.27. The van der Waals surface area contributed by atoms with Crippen LogP contribution in [0.25, 0.3) is 0 Å². The van der Waals surface area contributed by atoms with Crippen LogP contribution in [0.4, 0.5) is 17.1 Å². The van der Waals surface area contributed by atoms with Crippen molar-refractivity contribution < 1.29 is 15.1 Å². The van der Waals surface area contributed by atoms with Crippen molar-refractivity contribution in [2.24, 2.45) is 4.99 Å². The summed E-state index contributed by atoms with van der Waals surface area (Å²) < 4.78 is 0.851. The molecular weight excluding hydrogens is 404 g/mol. The van der Waals surface area contributed by atoms with Crippen LogP contribution in [0.2, 0.25) is 0 Å². The van der Waals surface area contributed by atoms with E-state index in [1.54, 1.807) is 36.5 Å². The minimum atomic E-state index is -0.474. The second kappa shape index (κ2) is 9.73. The number of nitrogens with one attached hydrogen (secondary N) is 2. The molecule has 0 aliphatic carbocycles. The second-order valence-corrected chi connectivity index (χ2v) is 6.22. The topological polar surface area (TPSA) is 120 Å². The molecule has 2 aromatic carbocycles. The fourth-order valence-corrected chi connectivity index (χ4v) is 2.57. The van der Waals surface area contributed by atoms with Gasteiger partial charge in [0.1, 0.15) is 11.4 Å². The van der Waals surface area contributed by atoms with E-state index in [1.165, 1.54) is 6.07 Å². The Bertz CT molecular complexity index is 798. The Morgan fingerprint density at radius 1 is 1.19 bits per heavy atom. The summed E-state index contributed by atoms with van der Waals surface area (Å²) in [7, 11) is 0. The van der Waals surface area contributed by atoms with E-state index in [0.29, 0.717) is 30.0 Å². The number of phenols is 1. The standard InChI is InChI=1S/C17H19BrN4O4/c18-13-1-4-17(24)12(9-13)11-19-5-6-20-14-2-3-16(22(25)26)15(10-14)21-7-8-23/h1-4,9-11,20-21,23-24H,5-8H2. The number of hydrogen-bond donors (Lipinski definition) is 4. The second-order valence-electron chi connectivity index (χ2n) is 5.30. The van der Waals surface area contributed by atoms with Crippen molar-refractivity contribution in [3.8, 4) is 5.75 Å². The van der Waals surface area contributed by atoms with Gasteiger partial charge < -0.3 is 20.8 Å². The summed E-state index contributed by atoms with van der Waals surface area (Å²) in [5.41, 5.74) is 1.62. The van der Waals surface area contributed by atoms with Gasteiger partial charge in [-0.15, -0.1) is 0 Å². The van der Waals surface area contributed by atoms with Crippen LogP contribution >= 0.6 is 15.9 Å². The van der Waals surface area contributed by atoms with Gasteiger partial charge in [0, 0.05) is 41.1 Å². The van der Waals surface area contributed by atoms with Crippen LogP contribution in [-0.2, 0) is 0 Å². The number of rotatable bonds is 9. The molecule has 0 amide bonds. The maximum absolute atomic E-state index is 11.0. The SMILES string of the molecule is O=[N+]([O-])c1ccc(NCCN=Cc2cc(Br)ccc2O)cc1NCCO. The number of nitrogens with zero attached hydrogens (tertiary/aromatic N) is 2. The number of benzene rings is 2. The summed E-state index contributed by atoms with van der Waals surface area (Å²) in [4.78, 5) is 14.8. The number of halogens is 1. The Balaban J connectivity index is 1.93. The van der Waals surface area contributed by atoms with Gasteiger partial charge in [-0.3, -0.25) is 15.1 Å². The number of aromatic hydroxyl groups is 1. The summed E-state index contributed by atoms with van der Waals surface area (Å²) in [6.07, 6.45) is 1.59. The number of nitro benzene ring substituents is 1. The van der Waals surface area contributed by atoms with Gasteiger partial charge >= 0.3 is 0 Å². The van der Waals surface area contributed by atoms with Crippen molar-refractivity contribution in [2.45, 2.75) is 0 Å². The molecule has 4 N–H and O–H groups in total. The fourth-order valence-electron chi connectivity index (χ4n) is 2.19. The third-order valence-electron chi connectivity index (χ3n) is 3.41. The van der Waals surface area contributed by atoms with Crippen LogP contribution < -0.4 is 10.6 Å². The van der Waals surface area contributed by atoms with Crippen LogP contribution in [0.5, 0.6) is 5.75 Å². The van der Waals surface area contributed by atoms with Crippen LogP contribution in [-0.4, -0.2) is 47.6 Å². The number of phenolic OH excluding ortho intramolecular Hbond substituents is 1. The molecule has 0 aliphatic rings. The molecule has 0 bridgehead atoms. The fraction of sp³-hybridized carbons (Fsp3) is 0.235. The zero-order valence-electron chi connectivity index (χ0n) is 13.9. The maximum atomic E-state index is 11.0. The molecule has 0 unspecified atom stereocenters. The molecule has 8 nitrogen and oxygen atoms in total. The van der Waals surface area contributed by atoms with Gasteiger partial charge in [-0.05, 0) is 30.3 Å². The molecule has 138 valence electrons. The van der Waals surface area contributed by atoms with Gasteiger partial charge in [0.2, 0.25) is 0 Å². The molecule has 0 heterocycles. The van der Waals surface area contributed by atoms with E-state index < -0.39 is 4.92 Å². The highest BCUT2D eigenvalue weighted by molar-refractivity contribution is 9.10. The summed E-state index contributed by atoms with van der Waals surface area (Å²) in [5.74, 6) is 0.153. The molecule has 2 aromatic rings. The largest absolute Gasteiger partial charge is 0.507 e. The zero-order valence-corrected chi connectivity index (χ0v) is 15.4. The lowest BCUT2D eigenvalue weighted by Crippen LogP contribution is -2.09. The predicted molar refractivity (Wildman–Crippen MR) is 105 cm³/mol. The van der Waals surface area contributed by atoms with E-state index in [0.717, 1.165) is 4.47 Å².